The van der Waals surface area contributed by atoms with Gasteiger partial charge in [0.05, 0.1) is 0 Å². The fourth-order valence-corrected chi connectivity index (χ4v) is 2.34. The van der Waals surface area contributed by atoms with Crippen LogP contribution in [-0.2, 0) is 9.59 Å². The Balaban J connectivity index is 1.95. The second-order valence-electron chi connectivity index (χ2n) is 6.63. The molecular formula is C18H25N5O2. The second-order valence-corrected chi connectivity index (χ2v) is 6.63. The van der Waals surface area contributed by atoms with Gasteiger partial charge in [-0.25, -0.2) is 4.98 Å². The van der Waals surface area contributed by atoms with Gasteiger partial charge in [0.2, 0.25) is 0 Å². The molecule has 2 rings (SSSR count). The smallest absolute Gasteiger partial charge is 0.313 e. The van der Waals surface area contributed by atoms with E-state index in [0.717, 1.165) is 18.4 Å². The molecule has 7 heteroatoms. The summed E-state index contributed by atoms with van der Waals surface area (Å²) < 4.78 is 0. The molecule has 0 saturated heterocycles. The van der Waals surface area contributed by atoms with E-state index in [1.807, 2.05) is 19.9 Å². The van der Waals surface area contributed by atoms with E-state index in [4.69, 9.17) is 0 Å². The summed E-state index contributed by atoms with van der Waals surface area (Å²) in [7, 11) is 0. The van der Waals surface area contributed by atoms with Crippen molar-refractivity contribution in [3.8, 4) is 11.4 Å². The Morgan fingerprint density at radius 2 is 1.92 bits per heavy atom. The molecule has 0 saturated carbocycles. The highest BCUT2D eigenvalue weighted by molar-refractivity contribution is 6.39. The molecule has 0 aliphatic rings. The van der Waals surface area contributed by atoms with Crippen LogP contribution in [0.3, 0.4) is 0 Å². The van der Waals surface area contributed by atoms with Crippen LogP contribution in [0.1, 0.15) is 39.4 Å². The Bertz CT molecular complexity index is 739. The molecule has 1 heterocycles. The quantitative estimate of drug-likeness (QED) is 0.702. The number of anilines is 1. The fourth-order valence-electron chi connectivity index (χ4n) is 2.34. The number of benzene rings is 1. The first kappa shape index (κ1) is 18.6. The van der Waals surface area contributed by atoms with Crippen LogP contribution in [0.2, 0.25) is 0 Å². The van der Waals surface area contributed by atoms with Gasteiger partial charge in [-0.15, -0.1) is 0 Å². The van der Waals surface area contributed by atoms with Gasteiger partial charge in [0.25, 0.3) is 0 Å². The number of nitrogens with one attached hydrogen (secondary N) is 3. The van der Waals surface area contributed by atoms with Gasteiger partial charge in [0, 0.05) is 17.3 Å². The molecule has 0 spiro atoms. The maximum absolute atomic E-state index is 12.1. The third-order valence-corrected chi connectivity index (χ3v) is 3.74. The summed E-state index contributed by atoms with van der Waals surface area (Å²) in [5.41, 5.74) is 1.28. The minimum Gasteiger partial charge on any atom is -0.345 e. The van der Waals surface area contributed by atoms with Crippen molar-refractivity contribution in [3.05, 3.63) is 30.1 Å². The second kappa shape index (κ2) is 8.41. The van der Waals surface area contributed by atoms with E-state index in [9.17, 15) is 9.59 Å². The first-order valence-corrected chi connectivity index (χ1v) is 8.46. The highest BCUT2D eigenvalue weighted by atomic mass is 16.2. The number of rotatable bonds is 6. The normalized spacial score (nSPS) is 12.0. The summed E-state index contributed by atoms with van der Waals surface area (Å²) in [5.74, 6) is 0.505. The predicted octanol–water partition coefficient (Wildman–Crippen LogP) is 2.66. The zero-order valence-electron chi connectivity index (χ0n) is 15.1. The zero-order valence-corrected chi connectivity index (χ0v) is 15.1. The van der Waals surface area contributed by atoms with Crippen molar-refractivity contribution < 1.29 is 9.59 Å². The molecule has 1 atom stereocenters. The number of aromatic nitrogens is 3. The van der Waals surface area contributed by atoms with Gasteiger partial charge in [0.1, 0.15) is 5.82 Å². The van der Waals surface area contributed by atoms with Crippen molar-refractivity contribution in [3.63, 3.8) is 0 Å². The molecule has 0 unspecified atom stereocenters. The van der Waals surface area contributed by atoms with Crippen LogP contribution >= 0.6 is 0 Å². The number of aromatic amines is 1. The number of aryl methyl sites for hydroxylation is 1. The van der Waals surface area contributed by atoms with Crippen LogP contribution in [0.5, 0.6) is 0 Å². The van der Waals surface area contributed by atoms with Crippen LogP contribution in [-0.4, -0.2) is 33.0 Å². The molecule has 0 aliphatic carbocycles. The van der Waals surface area contributed by atoms with Crippen molar-refractivity contribution in [2.24, 2.45) is 5.92 Å². The fraction of sp³-hybridized carbons (Fsp3) is 0.444. The van der Waals surface area contributed by atoms with E-state index < -0.39 is 11.8 Å². The van der Waals surface area contributed by atoms with Crippen molar-refractivity contribution in [1.29, 1.82) is 0 Å². The summed E-state index contributed by atoms with van der Waals surface area (Å²) in [4.78, 5) is 28.3. The van der Waals surface area contributed by atoms with Gasteiger partial charge < -0.3 is 10.6 Å². The van der Waals surface area contributed by atoms with E-state index in [1.165, 1.54) is 0 Å². The van der Waals surface area contributed by atoms with Gasteiger partial charge in [-0.1, -0.05) is 26.0 Å². The molecular weight excluding hydrogens is 318 g/mol. The van der Waals surface area contributed by atoms with E-state index in [-0.39, 0.29) is 6.04 Å². The molecule has 3 N–H and O–H groups in total. The van der Waals surface area contributed by atoms with Gasteiger partial charge in [0.15, 0.2) is 5.82 Å². The standard InChI is InChI=1S/C18H25N5O2/c1-11(2)8-9-12(3)19-17(24)18(25)21-15-7-5-6-14(10-15)16-20-13(4)22-23-16/h5-7,10-12H,8-9H2,1-4H3,(H,19,24)(H,21,25)(H,20,22,23)/t12-/m1/s1. The number of hydrogen-bond donors (Lipinski definition) is 3. The minimum absolute atomic E-state index is 0.0387. The highest BCUT2D eigenvalue weighted by Gasteiger charge is 2.17. The number of carbonyl (C=O) groups excluding carboxylic acids is 2. The van der Waals surface area contributed by atoms with Crippen LogP contribution in [0, 0.1) is 12.8 Å². The number of carbonyl (C=O) groups is 2. The lowest BCUT2D eigenvalue weighted by Gasteiger charge is -2.15. The molecule has 7 nitrogen and oxygen atoms in total. The topological polar surface area (TPSA) is 99.8 Å². The van der Waals surface area contributed by atoms with Crippen molar-refractivity contribution in [2.75, 3.05) is 5.32 Å². The monoisotopic (exact) mass is 343 g/mol. The van der Waals surface area contributed by atoms with Crippen molar-refractivity contribution in [2.45, 2.75) is 46.6 Å². The van der Waals surface area contributed by atoms with Crippen LogP contribution in [0.4, 0.5) is 5.69 Å². The maximum atomic E-state index is 12.1. The van der Waals surface area contributed by atoms with Gasteiger partial charge in [-0.2, -0.15) is 5.10 Å². The van der Waals surface area contributed by atoms with Crippen molar-refractivity contribution >= 4 is 17.5 Å². The third kappa shape index (κ3) is 5.70. The lowest BCUT2D eigenvalue weighted by atomic mass is 10.0. The SMILES string of the molecule is Cc1nc(-c2cccc(NC(=O)C(=O)N[C@H](C)CCC(C)C)c2)n[nH]1. The van der Waals surface area contributed by atoms with Crippen LogP contribution < -0.4 is 10.6 Å². The molecule has 1 aromatic heterocycles. The Labute approximate surface area is 147 Å². The predicted molar refractivity (Wildman–Crippen MR) is 96.9 cm³/mol. The molecule has 0 aliphatic heterocycles. The molecule has 0 radical (unpaired) electrons. The number of H-pyrrole nitrogens is 1. The van der Waals surface area contributed by atoms with Gasteiger partial charge in [-0.3, -0.25) is 14.7 Å². The third-order valence-electron chi connectivity index (χ3n) is 3.74. The Morgan fingerprint density at radius 3 is 2.56 bits per heavy atom. The maximum Gasteiger partial charge on any atom is 0.313 e. The minimum atomic E-state index is -0.681. The van der Waals surface area contributed by atoms with E-state index in [0.29, 0.717) is 23.3 Å². The largest absolute Gasteiger partial charge is 0.345 e. The summed E-state index contributed by atoms with van der Waals surface area (Å²) in [6.07, 6.45) is 1.84. The zero-order chi connectivity index (χ0) is 18.4. The molecule has 0 fully saturated rings. The average Bonchev–Trinajstić information content (AvgIpc) is 2.99. The molecule has 25 heavy (non-hydrogen) atoms. The van der Waals surface area contributed by atoms with E-state index in [1.54, 1.807) is 18.2 Å². The van der Waals surface area contributed by atoms with E-state index in [2.05, 4.69) is 39.7 Å². The Hall–Kier alpha value is -2.70. The van der Waals surface area contributed by atoms with Gasteiger partial charge in [-0.05, 0) is 44.7 Å². The van der Waals surface area contributed by atoms with Gasteiger partial charge >= 0.3 is 11.8 Å². The first-order chi connectivity index (χ1) is 11.8. The van der Waals surface area contributed by atoms with Crippen LogP contribution in [0.25, 0.3) is 11.4 Å². The first-order valence-electron chi connectivity index (χ1n) is 8.46. The highest BCUT2D eigenvalue weighted by Crippen LogP contribution is 2.19. The summed E-state index contributed by atoms with van der Waals surface area (Å²) in [5, 5.41) is 12.2. The summed E-state index contributed by atoms with van der Waals surface area (Å²) in [6.45, 7) is 7.97. The molecule has 0 bridgehead atoms. The average molecular weight is 343 g/mol. The Kier molecular flexibility index (Phi) is 6.27. The van der Waals surface area contributed by atoms with Crippen LogP contribution in [0.15, 0.2) is 24.3 Å². The summed E-state index contributed by atoms with van der Waals surface area (Å²) >= 11 is 0. The lowest BCUT2D eigenvalue weighted by molar-refractivity contribution is -0.136. The number of nitrogens with zero attached hydrogens (tertiary/aromatic N) is 2. The molecule has 2 aromatic rings. The molecule has 134 valence electrons. The number of amides is 2. The Morgan fingerprint density at radius 1 is 1.16 bits per heavy atom. The summed E-state index contributed by atoms with van der Waals surface area (Å²) in [6, 6.07) is 7.03. The molecule has 1 aromatic carbocycles. The van der Waals surface area contributed by atoms with E-state index >= 15 is 0 Å². The molecule has 2 amide bonds. The van der Waals surface area contributed by atoms with Crippen molar-refractivity contribution in [1.82, 2.24) is 20.5 Å². The number of hydrogen-bond acceptors (Lipinski definition) is 4. The lowest BCUT2D eigenvalue weighted by Crippen LogP contribution is -2.40.